The van der Waals surface area contributed by atoms with E-state index in [2.05, 4.69) is 13.0 Å². The third kappa shape index (κ3) is 2.69. The zero-order valence-corrected chi connectivity index (χ0v) is 11.5. The monoisotopic (exact) mass is 246 g/mol. The van der Waals surface area contributed by atoms with Gasteiger partial charge < -0.3 is 11.5 Å². The lowest BCUT2D eigenvalue weighted by Gasteiger charge is -2.36. The van der Waals surface area contributed by atoms with Crippen molar-refractivity contribution in [1.82, 2.24) is 0 Å². The van der Waals surface area contributed by atoms with Gasteiger partial charge in [-0.2, -0.15) is 0 Å². The van der Waals surface area contributed by atoms with E-state index in [4.69, 9.17) is 11.5 Å². The molecule has 1 aliphatic rings. The van der Waals surface area contributed by atoms with Gasteiger partial charge in [0.1, 0.15) is 0 Å². The Morgan fingerprint density at radius 2 is 2.06 bits per heavy atom. The summed E-state index contributed by atoms with van der Waals surface area (Å²) < 4.78 is 0. The molecule has 0 spiro atoms. The normalized spacial score (nSPS) is 22.8. The number of fused-ring (bicyclic) bond motifs is 1. The van der Waals surface area contributed by atoms with Crippen molar-refractivity contribution in [3.8, 4) is 0 Å². The summed E-state index contributed by atoms with van der Waals surface area (Å²) in [7, 11) is 0. The van der Waals surface area contributed by atoms with E-state index in [9.17, 15) is 0 Å². The van der Waals surface area contributed by atoms with Gasteiger partial charge in [-0.05, 0) is 42.9 Å². The molecule has 0 amide bonds. The molecule has 0 fully saturated rings. The Bertz CT molecular complexity index is 400. The third-order valence-electron chi connectivity index (χ3n) is 4.27. The molecule has 0 saturated heterocycles. The molecule has 2 rings (SSSR count). The number of anilines is 1. The van der Waals surface area contributed by atoms with Gasteiger partial charge >= 0.3 is 0 Å². The van der Waals surface area contributed by atoms with Crippen LogP contribution in [0.2, 0.25) is 0 Å². The molecule has 2 heteroatoms. The van der Waals surface area contributed by atoms with Gasteiger partial charge in [0.2, 0.25) is 0 Å². The van der Waals surface area contributed by atoms with E-state index in [0.717, 1.165) is 24.9 Å². The Morgan fingerprint density at radius 1 is 1.22 bits per heavy atom. The van der Waals surface area contributed by atoms with Crippen molar-refractivity contribution in [3.63, 3.8) is 0 Å². The van der Waals surface area contributed by atoms with Gasteiger partial charge in [0.25, 0.3) is 0 Å². The van der Waals surface area contributed by atoms with Crippen molar-refractivity contribution in [2.75, 3.05) is 5.73 Å². The second-order valence-electron chi connectivity index (χ2n) is 5.69. The maximum Gasteiger partial charge on any atom is 0.0413 e. The Hall–Kier alpha value is -1.02. The minimum absolute atomic E-state index is 0.128. The fourth-order valence-electron chi connectivity index (χ4n) is 3.19. The highest BCUT2D eigenvalue weighted by atomic mass is 14.8. The quantitative estimate of drug-likeness (QED) is 0.614. The highest BCUT2D eigenvalue weighted by Gasteiger charge is 2.32. The molecule has 1 atom stereocenters. The average Bonchev–Trinajstić information content (AvgIpc) is 2.37. The molecule has 2 nitrogen and oxygen atoms in total. The summed E-state index contributed by atoms with van der Waals surface area (Å²) in [5.74, 6) is 0. The van der Waals surface area contributed by atoms with Crippen molar-refractivity contribution < 1.29 is 0 Å². The van der Waals surface area contributed by atoms with Crippen LogP contribution < -0.4 is 11.5 Å². The first-order valence-corrected chi connectivity index (χ1v) is 7.34. The molecule has 18 heavy (non-hydrogen) atoms. The van der Waals surface area contributed by atoms with Gasteiger partial charge in [0.05, 0.1) is 0 Å². The zero-order valence-electron chi connectivity index (χ0n) is 11.5. The molecule has 1 unspecified atom stereocenters. The van der Waals surface area contributed by atoms with Crippen molar-refractivity contribution >= 4 is 5.69 Å². The summed E-state index contributed by atoms with van der Waals surface area (Å²) in [5.41, 5.74) is 16.2. The van der Waals surface area contributed by atoms with Crippen LogP contribution in [0, 0.1) is 0 Å². The second kappa shape index (κ2) is 5.75. The van der Waals surface area contributed by atoms with E-state index in [0.29, 0.717) is 0 Å². The number of hydrogen-bond donors (Lipinski definition) is 2. The van der Waals surface area contributed by atoms with E-state index in [1.54, 1.807) is 0 Å². The van der Waals surface area contributed by atoms with Crippen molar-refractivity contribution in [1.29, 1.82) is 0 Å². The molecule has 0 saturated carbocycles. The minimum Gasteiger partial charge on any atom is -0.398 e. The van der Waals surface area contributed by atoms with Crippen LogP contribution in [-0.2, 0) is 12.0 Å². The zero-order chi connectivity index (χ0) is 13.0. The Morgan fingerprint density at radius 3 is 2.83 bits per heavy atom. The van der Waals surface area contributed by atoms with Gasteiger partial charge in [0.15, 0.2) is 0 Å². The van der Waals surface area contributed by atoms with Crippen molar-refractivity contribution in [2.24, 2.45) is 5.73 Å². The fraction of sp³-hybridized carbons (Fsp3) is 0.625. The molecule has 1 aromatic rings. The Balaban J connectivity index is 2.13. The van der Waals surface area contributed by atoms with E-state index in [-0.39, 0.29) is 5.54 Å². The first-order chi connectivity index (χ1) is 8.67. The van der Waals surface area contributed by atoms with Gasteiger partial charge in [0, 0.05) is 11.2 Å². The molecule has 1 aromatic carbocycles. The highest BCUT2D eigenvalue weighted by Crippen LogP contribution is 2.39. The molecule has 0 heterocycles. The standard InChI is InChI=1S/C16H26N2/c1-2-3-4-5-11-16(18)12-7-8-13-14(16)9-6-10-15(13)17/h6,9-10H,2-5,7-8,11-12,17-18H2,1H3. The number of hydrogen-bond acceptors (Lipinski definition) is 2. The SMILES string of the molecule is CCCCCCC1(N)CCCc2c(N)cccc21. The van der Waals surface area contributed by atoms with Gasteiger partial charge in [-0.15, -0.1) is 0 Å². The number of rotatable bonds is 5. The summed E-state index contributed by atoms with van der Waals surface area (Å²) >= 11 is 0. The molecule has 0 aromatic heterocycles. The second-order valence-corrected chi connectivity index (χ2v) is 5.69. The van der Waals surface area contributed by atoms with E-state index in [1.807, 2.05) is 12.1 Å². The van der Waals surface area contributed by atoms with Crippen molar-refractivity contribution in [3.05, 3.63) is 29.3 Å². The number of nitrogens with two attached hydrogens (primary N) is 2. The Labute approximate surface area is 111 Å². The molecule has 100 valence electrons. The van der Waals surface area contributed by atoms with Crippen LogP contribution >= 0.6 is 0 Å². The predicted octanol–water partition coefficient (Wildman–Crippen LogP) is 3.73. The molecule has 4 N–H and O–H groups in total. The lowest BCUT2D eigenvalue weighted by atomic mass is 9.74. The van der Waals surface area contributed by atoms with Crippen LogP contribution in [0.1, 0.15) is 63.0 Å². The summed E-state index contributed by atoms with van der Waals surface area (Å²) in [6.45, 7) is 2.24. The van der Waals surface area contributed by atoms with Crippen LogP contribution in [-0.4, -0.2) is 0 Å². The summed E-state index contributed by atoms with van der Waals surface area (Å²) in [6, 6.07) is 6.24. The summed E-state index contributed by atoms with van der Waals surface area (Å²) in [5, 5.41) is 0. The largest absolute Gasteiger partial charge is 0.398 e. The van der Waals surface area contributed by atoms with E-state index in [1.165, 1.54) is 43.2 Å². The Kier molecular flexibility index (Phi) is 4.28. The number of unbranched alkanes of at least 4 members (excludes halogenated alkanes) is 3. The minimum atomic E-state index is -0.128. The van der Waals surface area contributed by atoms with E-state index < -0.39 is 0 Å². The topological polar surface area (TPSA) is 52.0 Å². The smallest absolute Gasteiger partial charge is 0.0413 e. The number of benzene rings is 1. The van der Waals surface area contributed by atoms with E-state index >= 15 is 0 Å². The van der Waals surface area contributed by atoms with Crippen LogP contribution in [0.15, 0.2) is 18.2 Å². The molecular formula is C16H26N2. The molecule has 0 aliphatic heterocycles. The first-order valence-electron chi connectivity index (χ1n) is 7.34. The fourth-order valence-corrected chi connectivity index (χ4v) is 3.19. The third-order valence-corrected chi connectivity index (χ3v) is 4.27. The van der Waals surface area contributed by atoms with Gasteiger partial charge in [-0.25, -0.2) is 0 Å². The average molecular weight is 246 g/mol. The first kappa shape index (κ1) is 13.4. The predicted molar refractivity (Wildman–Crippen MR) is 78.4 cm³/mol. The number of nitrogen functional groups attached to an aromatic ring is 1. The maximum atomic E-state index is 6.67. The molecular weight excluding hydrogens is 220 g/mol. The lowest BCUT2D eigenvalue weighted by Crippen LogP contribution is -2.40. The van der Waals surface area contributed by atoms with Crippen LogP contribution in [0.5, 0.6) is 0 Å². The van der Waals surface area contributed by atoms with Crippen LogP contribution in [0.3, 0.4) is 0 Å². The van der Waals surface area contributed by atoms with Crippen LogP contribution in [0.25, 0.3) is 0 Å². The summed E-state index contributed by atoms with van der Waals surface area (Å²) in [6.07, 6.45) is 9.60. The molecule has 1 aliphatic carbocycles. The molecule has 0 bridgehead atoms. The lowest BCUT2D eigenvalue weighted by molar-refractivity contribution is 0.332. The highest BCUT2D eigenvalue weighted by molar-refractivity contribution is 5.54. The maximum absolute atomic E-state index is 6.67. The van der Waals surface area contributed by atoms with Crippen LogP contribution in [0.4, 0.5) is 5.69 Å². The molecule has 0 radical (unpaired) electrons. The summed E-state index contributed by atoms with van der Waals surface area (Å²) in [4.78, 5) is 0. The van der Waals surface area contributed by atoms with Gasteiger partial charge in [-0.1, -0.05) is 44.7 Å². The van der Waals surface area contributed by atoms with Crippen molar-refractivity contribution in [2.45, 2.75) is 63.8 Å². The van der Waals surface area contributed by atoms with Gasteiger partial charge in [-0.3, -0.25) is 0 Å².